The third-order valence-electron chi connectivity index (χ3n) is 3.99. The zero-order chi connectivity index (χ0) is 18.1. The second kappa shape index (κ2) is 6.76. The number of nitrogens with zero attached hydrogens (tertiary/aromatic N) is 3. The summed E-state index contributed by atoms with van der Waals surface area (Å²) in [5, 5.41) is 11.9. The molecule has 4 aromatic rings. The Labute approximate surface area is 158 Å². The minimum atomic E-state index is -0.110. The number of amides is 1. The van der Waals surface area contributed by atoms with Gasteiger partial charge in [-0.3, -0.25) is 4.79 Å². The summed E-state index contributed by atoms with van der Waals surface area (Å²) in [5.41, 5.74) is 2.50. The van der Waals surface area contributed by atoms with Gasteiger partial charge in [0.05, 0.1) is 5.56 Å². The minimum absolute atomic E-state index is 0.110. The molecule has 1 N–H and O–H groups in total. The number of nitrogens with one attached hydrogen (secondary N) is 1. The number of benzene rings is 2. The molecule has 0 radical (unpaired) electrons. The summed E-state index contributed by atoms with van der Waals surface area (Å²) in [5.74, 6) is 0.844. The first-order valence-corrected chi connectivity index (χ1v) is 8.83. The van der Waals surface area contributed by atoms with Crippen molar-refractivity contribution in [2.45, 2.75) is 13.5 Å². The van der Waals surface area contributed by atoms with Crippen molar-refractivity contribution in [1.82, 2.24) is 14.8 Å². The number of rotatable bonds is 4. The normalized spacial score (nSPS) is 11.0. The fraction of sp³-hybridized carbons (Fsp3) is 0.105. The van der Waals surface area contributed by atoms with Crippen LogP contribution in [0.2, 0.25) is 0 Å². The van der Waals surface area contributed by atoms with Crippen molar-refractivity contribution >= 4 is 38.4 Å². The van der Waals surface area contributed by atoms with E-state index in [9.17, 15) is 4.79 Å². The largest absolute Gasteiger partial charge is 0.421 e. The van der Waals surface area contributed by atoms with Crippen molar-refractivity contribution in [3.05, 3.63) is 65.1 Å². The van der Waals surface area contributed by atoms with Gasteiger partial charge in [-0.1, -0.05) is 34.1 Å². The van der Waals surface area contributed by atoms with E-state index in [4.69, 9.17) is 4.42 Å². The molecule has 4 rings (SSSR count). The zero-order valence-electron chi connectivity index (χ0n) is 13.9. The fourth-order valence-electron chi connectivity index (χ4n) is 2.84. The van der Waals surface area contributed by atoms with E-state index in [2.05, 4.69) is 31.4 Å². The van der Waals surface area contributed by atoms with Crippen LogP contribution in [0, 0.1) is 6.92 Å². The van der Waals surface area contributed by atoms with Crippen LogP contribution in [-0.2, 0) is 11.3 Å². The van der Waals surface area contributed by atoms with E-state index in [1.54, 1.807) is 6.92 Å². The van der Waals surface area contributed by atoms with Gasteiger partial charge in [0.2, 0.25) is 17.7 Å². The maximum Gasteiger partial charge on any atom is 0.249 e. The predicted molar refractivity (Wildman–Crippen MR) is 103 cm³/mol. The van der Waals surface area contributed by atoms with E-state index in [1.165, 1.54) is 0 Å². The highest BCUT2D eigenvalue weighted by molar-refractivity contribution is 9.10. The number of para-hydroxylation sites is 1. The Balaban J connectivity index is 1.64. The first-order valence-electron chi connectivity index (χ1n) is 8.04. The van der Waals surface area contributed by atoms with Gasteiger partial charge in [0, 0.05) is 34.2 Å². The first kappa shape index (κ1) is 16.5. The Kier molecular flexibility index (Phi) is 4.30. The van der Waals surface area contributed by atoms with Gasteiger partial charge in [0.1, 0.15) is 6.54 Å². The molecular formula is C19H15BrN4O2. The highest BCUT2D eigenvalue weighted by Gasteiger charge is 2.16. The lowest BCUT2D eigenvalue weighted by Crippen LogP contribution is -2.18. The highest BCUT2D eigenvalue weighted by Crippen LogP contribution is 2.29. The summed E-state index contributed by atoms with van der Waals surface area (Å²) in [6, 6.07) is 15.3. The van der Waals surface area contributed by atoms with Gasteiger partial charge in [0.15, 0.2) is 0 Å². The van der Waals surface area contributed by atoms with E-state index in [0.29, 0.717) is 11.8 Å². The van der Waals surface area contributed by atoms with E-state index < -0.39 is 0 Å². The molecule has 26 heavy (non-hydrogen) atoms. The van der Waals surface area contributed by atoms with Crippen molar-refractivity contribution in [2.24, 2.45) is 0 Å². The quantitative estimate of drug-likeness (QED) is 0.540. The molecule has 130 valence electrons. The summed E-state index contributed by atoms with van der Waals surface area (Å²) in [4.78, 5) is 12.5. The lowest BCUT2D eigenvalue weighted by atomic mass is 10.2. The molecule has 1 amide bonds. The molecule has 0 atom stereocenters. The third kappa shape index (κ3) is 3.25. The van der Waals surface area contributed by atoms with Crippen LogP contribution >= 0.6 is 15.9 Å². The van der Waals surface area contributed by atoms with Gasteiger partial charge < -0.3 is 14.3 Å². The molecule has 2 aromatic heterocycles. The Morgan fingerprint density at radius 2 is 1.92 bits per heavy atom. The summed E-state index contributed by atoms with van der Waals surface area (Å²) in [6.45, 7) is 1.94. The van der Waals surface area contributed by atoms with Crippen LogP contribution < -0.4 is 5.32 Å². The van der Waals surface area contributed by atoms with E-state index >= 15 is 0 Å². The summed E-state index contributed by atoms with van der Waals surface area (Å²) < 4.78 is 8.41. The number of anilines is 1. The maximum absolute atomic E-state index is 12.5. The molecule has 6 nitrogen and oxygen atoms in total. The Bertz CT molecular complexity index is 1080. The summed E-state index contributed by atoms with van der Waals surface area (Å²) in [7, 11) is 0. The fourth-order valence-corrected chi connectivity index (χ4v) is 3.11. The summed E-state index contributed by atoms with van der Waals surface area (Å²) >= 11 is 3.38. The average molecular weight is 411 g/mol. The van der Waals surface area contributed by atoms with E-state index in [1.807, 2.05) is 59.3 Å². The summed E-state index contributed by atoms with van der Waals surface area (Å²) in [6.07, 6.45) is 1.87. The number of halogens is 1. The lowest BCUT2D eigenvalue weighted by molar-refractivity contribution is -0.116. The Hall–Kier alpha value is -2.93. The number of fused-ring (bicyclic) bond motifs is 1. The first-order chi connectivity index (χ1) is 12.6. The molecule has 0 aliphatic heterocycles. The monoisotopic (exact) mass is 410 g/mol. The van der Waals surface area contributed by atoms with Crippen LogP contribution in [0.5, 0.6) is 0 Å². The van der Waals surface area contributed by atoms with Gasteiger partial charge in [-0.05, 0) is 30.3 Å². The van der Waals surface area contributed by atoms with E-state index in [0.717, 1.165) is 26.6 Å². The molecule has 0 bridgehead atoms. The topological polar surface area (TPSA) is 73.0 Å². The van der Waals surface area contributed by atoms with Gasteiger partial charge in [0.25, 0.3) is 0 Å². The number of carbonyl (C=O) groups excluding carboxylic acids is 1. The standard InChI is InChI=1S/C19H15BrN4O2/c1-12-22-23-19(26-12)16-10-24(17-5-3-2-4-15(16)17)11-18(25)21-14-8-6-13(20)7-9-14/h2-10H,11H2,1H3,(H,21,25). The van der Waals surface area contributed by atoms with Crippen molar-refractivity contribution in [1.29, 1.82) is 0 Å². The van der Waals surface area contributed by atoms with Gasteiger partial charge in [-0.15, -0.1) is 10.2 Å². The van der Waals surface area contributed by atoms with Crippen molar-refractivity contribution in [3.63, 3.8) is 0 Å². The van der Waals surface area contributed by atoms with Crippen LogP contribution in [-0.4, -0.2) is 20.7 Å². The molecule has 0 fully saturated rings. The van der Waals surface area contributed by atoms with Crippen molar-refractivity contribution < 1.29 is 9.21 Å². The number of aryl methyl sites for hydroxylation is 1. The number of carbonyl (C=O) groups is 1. The van der Waals surface area contributed by atoms with Crippen LogP contribution in [0.15, 0.2) is 63.6 Å². The molecule has 0 aliphatic rings. The smallest absolute Gasteiger partial charge is 0.249 e. The van der Waals surface area contributed by atoms with Crippen LogP contribution in [0.25, 0.3) is 22.4 Å². The lowest BCUT2D eigenvalue weighted by Gasteiger charge is -2.07. The molecule has 7 heteroatoms. The predicted octanol–water partition coefficient (Wildman–Crippen LogP) is 4.40. The van der Waals surface area contributed by atoms with Gasteiger partial charge >= 0.3 is 0 Å². The Morgan fingerprint density at radius 3 is 2.65 bits per heavy atom. The Morgan fingerprint density at radius 1 is 1.15 bits per heavy atom. The van der Waals surface area contributed by atoms with Crippen molar-refractivity contribution in [2.75, 3.05) is 5.32 Å². The zero-order valence-corrected chi connectivity index (χ0v) is 15.5. The highest BCUT2D eigenvalue weighted by atomic mass is 79.9. The molecule has 2 heterocycles. The SMILES string of the molecule is Cc1nnc(-c2cn(CC(=O)Nc3ccc(Br)cc3)c3ccccc23)o1. The second-order valence-corrected chi connectivity index (χ2v) is 6.78. The van der Waals surface area contributed by atoms with Crippen LogP contribution in [0.1, 0.15) is 5.89 Å². The molecule has 0 aliphatic carbocycles. The number of aromatic nitrogens is 3. The van der Waals surface area contributed by atoms with Crippen molar-refractivity contribution in [3.8, 4) is 11.5 Å². The minimum Gasteiger partial charge on any atom is -0.421 e. The second-order valence-electron chi connectivity index (χ2n) is 5.87. The molecule has 2 aromatic carbocycles. The number of hydrogen-bond acceptors (Lipinski definition) is 4. The van der Waals surface area contributed by atoms with Gasteiger partial charge in [-0.2, -0.15) is 0 Å². The number of hydrogen-bond donors (Lipinski definition) is 1. The van der Waals surface area contributed by atoms with E-state index in [-0.39, 0.29) is 12.5 Å². The molecule has 0 unspecified atom stereocenters. The average Bonchev–Trinajstić information content (AvgIpc) is 3.21. The molecule has 0 saturated heterocycles. The molecule has 0 saturated carbocycles. The molecular weight excluding hydrogens is 396 g/mol. The van der Waals surface area contributed by atoms with Crippen LogP contribution in [0.3, 0.4) is 0 Å². The van der Waals surface area contributed by atoms with Crippen LogP contribution in [0.4, 0.5) is 5.69 Å². The molecule has 0 spiro atoms. The van der Waals surface area contributed by atoms with Gasteiger partial charge in [-0.25, -0.2) is 0 Å². The maximum atomic E-state index is 12.5. The third-order valence-corrected chi connectivity index (χ3v) is 4.52.